The second kappa shape index (κ2) is 5.14. The summed E-state index contributed by atoms with van der Waals surface area (Å²) in [6, 6.07) is 19.7. The number of hydrogen-bond donors (Lipinski definition) is 0. The molecule has 3 heteroatoms. The third-order valence-corrected chi connectivity index (χ3v) is 3.16. The fraction of sp³-hybridized carbons (Fsp3) is 0.188. The van der Waals surface area contributed by atoms with Crippen molar-refractivity contribution in [2.24, 2.45) is 11.1 Å². The van der Waals surface area contributed by atoms with Crippen molar-refractivity contribution in [1.29, 1.82) is 0 Å². The molecule has 3 rings (SSSR count). The third kappa shape index (κ3) is 2.45. The molecule has 1 aliphatic heterocycles. The van der Waals surface area contributed by atoms with Crippen LogP contribution in [0.5, 0.6) is 5.75 Å². The zero-order valence-corrected chi connectivity index (χ0v) is 10.7. The van der Waals surface area contributed by atoms with E-state index in [0.29, 0.717) is 0 Å². The van der Waals surface area contributed by atoms with Gasteiger partial charge in [-0.2, -0.15) is 0 Å². The first kappa shape index (κ1) is 11.8. The molecule has 0 bridgehead atoms. The fourth-order valence-electron chi connectivity index (χ4n) is 2.09. The summed E-state index contributed by atoms with van der Waals surface area (Å²) in [5.41, 5.74) is 2.01. The normalized spacial score (nSPS) is 21.6. The molecule has 3 nitrogen and oxygen atoms in total. The van der Waals surface area contributed by atoms with Crippen LogP contribution in [0.2, 0.25) is 0 Å². The molecule has 0 amide bonds. The van der Waals surface area contributed by atoms with Crippen molar-refractivity contribution in [3.63, 3.8) is 0 Å². The van der Waals surface area contributed by atoms with Crippen LogP contribution in [0.3, 0.4) is 0 Å². The Balaban J connectivity index is 1.73. The minimum absolute atomic E-state index is 0.0996. The Hall–Kier alpha value is -2.29. The highest BCUT2D eigenvalue weighted by Gasteiger charge is 2.32. The van der Waals surface area contributed by atoms with Crippen LogP contribution in [0, 0.1) is 5.92 Å². The van der Waals surface area contributed by atoms with E-state index in [-0.39, 0.29) is 12.2 Å². The van der Waals surface area contributed by atoms with Gasteiger partial charge in [-0.05, 0) is 24.6 Å². The molecule has 1 aliphatic rings. The Morgan fingerprint density at radius 2 is 1.58 bits per heavy atom. The van der Waals surface area contributed by atoms with Gasteiger partial charge in [-0.3, -0.25) is 0 Å². The molecule has 19 heavy (non-hydrogen) atoms. The molecule has 0 saturated heterocycles. The number of hydrogen-bond acceptors (Lipinski definition) is 3. The summed E-state index contributed by atoms with van der Waals surface area (Å²) in [4.78, 5) is 5.40. The Labute approximate surface area is 112 Å². The summed E-state index contributed by atoms with van der Waals surface area (Å²) in [7, 11) is 0. The maximum atomic E-state index is 5.80. The van der Waals surface area contributed by atoms with Gasteiger partial charge in [0.05, 0.1) is 11.6 Å². The van der Waals surface area contributed by atoms with Gasteiger partial charge in [0, 0.05) is 0 Å². The van der Waals surface area contributed by atoms with Gasteiger partial charge >= 0.3 is 0 Å². The van der Waals surface area contributed by atoms with Gasteiger partial charge in [0.2, 0.25) is 0 Å². The number of ether oxygens (including phenoxy) is 1. The van der Waals surface area contributed by atoms with E-state index in [2.05, 4.69) is 12.1 Å². The lowest BCUT2D eigenvalue weighted by Gasteiger charge is -2.16. The predicted octanol–water partition coefficient (Wildman–Crippen LogP) is 3.46. The first-order chi connectivity index (χ1) is 9.34. The standard InChI is InChI=1S/C16H15NO2/c1-12-15(13-8-4-2-5-9-13)17-19-16(12)18-14-10-6-3-7-11-14/h2-12,16H,1H3. The second-order valence-electron chi connectivity index (χ2n) is 4.54. The molecule has 2 unspecified atom stereocenters. The summed E-state index contributed by atoms with van der Waals surface area (Å²) in [5.74, 6) is 0.895. The molecule has 0 saturated carbocycles. The molecular weight excluding hydrogens is 238 g/mol. The van der Waals surface area contributed by atoms with Crippen molar-refractivity contribution >= 4 is 5.71 Å². The molecule has 0 aliphatic carbocycles. The molecule has 2 atom stereocenters. The van der Waals surface area contributed by atoms with Crippen LogP contribution in [-0.4, -0.2) is 12.0 Å². The zero-order valence-electron chi connectivity index (χ0n) is 10.7. The fourth-order valence-corrected chi connectivity index (χ4v) is 2.09. The van der Waals surface area contributed by atoms with Gasteiger partial charge in [0.15, 0.2) is 0 Å². The van der Waals surface area contributed by atoms with Crippen LogP contribution in [0.25, 0.3) is 0 Å². The van der Waals surface area contributed by atoms with Crippen LogP contribution in [0.4, 0.5) is 0 Å². The topological polar surface area (TPSA) is 30.8 Å². The van der Waals surface area contributed by atoms with Gasteiger partial charge in [-0.1, -0.05) is 53.7 Å². The van der Waals surface area contributed by atoms with Gasteiger partial charge in [-0.15, -0.1) is 0 Å². The van der Waals surface area contributed by atoms with E-state index in [0.717, 1.165) is 17.0 Å². The smallest absolute Gasteiger partial charge is 0.273 e. The van der Waals surface area contributed by atoms with E-state index in [9.17, 15) is 0 Å². The number of nitrogens with zero attached hydrogens (tertiary/aromatic N) is 1. The SMILES string of the molecule is CC1C(c2ccccc2)=NOC1Oc1ccccc1. The minimum Gasteiger partial charge on any atom is -0.452 e. The first-order valence-electron chi connectivity index (χ1n) is 6.35. The molecule has 2 aromatic rings. The minimum atomic E-state index is -0.363. The van der Waals surface area contributed by atoms with E-state index in [1.165, 1.54) is 0 Å². The second-order valence-corrected chi connectivity index (χ2v) is 4.54. The van der Waals surface area contributed by atoms with Crippen LogP contribution >= 0.6 is 0 Å². The van der Waals surface area contributed by atoms with Crippen LogP contribution < -0.4 is 4.74 Å². The van der Waals surface area contributed by atoms with Crippen molar-refractivity contribution < 1.29 is 9.57 Å². The molecule has 96 valence electrons. The van der Waals surface area contributed by atoms with E-state index >= 15 is 0 Å². The number of benzene rings is 2. The Morgan fingerprint density at radius 1 is 0.947 bits per heavy atom. The van der Waals surface area contributed by atoms with Crippen molar-refractivity contribution in [3.05, 3.63) is 66.2 Å². The molecule has 0 fully saturated rings. The van der Waals surface area contributed by atoms with Crippen molar-refractivity contribution in [2.45, 2.75) is 13.2 Å². The number of oxime groups is 1. The van der Waals surface area contributed by atoms with Crippen molar-refractivity contribution in [1.82, 2.24) is 0 Å². The number of para-hydroxylation sites is 1. The molecule has 0 N–H and O–H groups in total. The molecule has 0 aromatic heterocycles. The van der Waals surface area contributed by atoms with Crippen LogP contribution in [0.1, 0.15) is 12.5 Å². The number of rotatable bonds is 3. The van der Waals surface area contributed by atoms with Crippen LogP contribution in [-0.2, 0) is 4.84 Å². The van der Waals surface area contributed by atoms with Gasteiger partial charge in [-0.25, -0.2) is 0 Å². The summed E-state index contributed by atoms with van der Waals surface area (Å²) in [5, 5.41) is 4.16. The maximum Gasteiger partial charge on any atom is 0.273 e. The molecule has 2 aromatic carbocycles. The van der Waals surface area contributed by atoms with Crippen molar-refractivity contribution in [3.8, 4) is 5.75 Å². The maximum absolute atomic E-state index is 5.80. The van der Waals surface area contributed by atoms with Crippen molar-refractivity contribution in [2.75, 3.05) is 0 Å². The highest BCUT2D eigenvalue weighted by atomic mass is 16.8. The summed E-state index contributed by atoms with van der Waals surface area (Å²) in [6.07, 6.45) is -0.363. The Bertz CT molecular complexity index is 566. The zero-order chi connectivity index (χ0) is 13.1. The Kier molecular flexibility index (Phi) is 3.19. The molecule has 1 heterocycles. The van der Waals surface area contributed by atoms with E-state index < -0.39 is 0 Å². The lowest BCUT2D eigenvalue weighted by Crippen LogP contribution is -2.26. The van der Waals surface area contributed by atoms with E-state index in [4.69, 9.17) is 9.57 Å². The van der Waals surface area contributed by atoms with Gasteiger partial charge in [0.1, 0.15) is 5.75 Å². The highest BCUT2D eigenvalue weighted by Crippen LogP contribution is 2.25. The largest absolute Gasteiger partial charge is 0.452 e. The first-order valence-corrected chi connectivity index (χ1v) is 6.35. The monoisotopic (exact) mass is 253 g/mol. The lowest BCUT2D eigenvalue weighted by molar-refractivity contribution is -0.0767. The van der Waals surface area contributed by atoms with Gasteiger partial charge in [0.25, 0.3) is 6.29 Å². The van der Waals surface area contributed by atoms with Crippen LogP contribution in [0.15, 0.2) is 65.8 Å². The summed E-state index contributed by atoms with van der Waals surface area (Å²) in [6.45, 7) is 2.06. The average molecular weight is 253 g/mol. The third-order valence-electron chi connectivity index (χ3n) is 3.16. The van der Waals surface area contributed by atoms with Gasteiger partial charge < -0.3 is 9.57 Å². The lowest BCUT2D eigenvalue weighted by atomic mass is 9.99. The summed E-state index contributed by atoms with van der Waals surface area (Å²) < 4.78 is 5.80. The highest BCUT2D eigenvalue weighted by molar-refractivity contribution is 6.02. The van der Waals surface area contributed by atoms with E-state index in [1.54, 1.807) is 0 Å². The van der Waals surface area contributed by atoms with E-state index in [1.807, 2.05) is 60.7 Å². The summed E-state index contributed by atoms with van der Waals surface area (Å²) >= 11 is 0. The molecular formula is C16H15NO2. The quantitative estimate of drug-likeness (QED) is 0.838. The Morgan fingerprint density at radius 3 is 2.26 bits per heavy atom. The molecule has 0 radical (unpaired) electrons. The average Bonchev–Trinajstić information content (AvgIpc) is 2.82. The molecule has 0 spiro atoms. The predicted molar refractivity (Wildman–Crippen MR) is 74.1 cm³/mol.